The molecule has 0 heterocycles. The van der Waals surface area contributed by atoms with Gasteiger partial charge in [0.1, 0.15) is 0 Å². The van der Waals surface area contributed by atoms with Gasteiger partial charge < -0.3 is 0 Å². The number of aryl methyl sites for hydroxylation is 2. The van der Waals surface area contributed by atoms with E-state index in [-0.39, 0.29) is 10.8 Å². The van der Waals surface area contributed by atoms with Crippen LogP contribution in [-0.2, 0) is 10.8 Å². The summed E-state index contributed by atoms with van der Waals surface area (Å²) in [6.07, 6.45) is 0. The maximum atomic E-state index is 2.55. The van der Waals surface area contributed by atoms with Crippen molar-refractivity contribution in [1.82, 2.24) is 0 Å². The first-order chi connectivity index (χ1) is 29.8. The van der Waals surface area contributed by atoms with Gasteiger partial charge in [-0.2, -0.15) is 0 Å². The SMILES string of the molecule is Cc1cccc(C)c1-c1cc2c(cc3c4ccccc4c4cccc2c43)c2cc3c(cc12)c1cccc2c(-c4cc(C(C)(C)C)ccc4-c4ccc(C(C)(C)C)cc4)ccc3c21. The predicted molar refractivity (Wildman–Crippen MR) is 272 cm³/mol. The molecule has 0 fully saturated rings. The number of fused-ring (bicyclic) bond motifs is 10. The lowest BCUT2D eigenvalue weighted by atomic mass is 9.81. The molecule has 0 spiro atoms. The molecule has 298 valence electrons. The molecule has 0 heteroatoms. The summed E-state index contributed by atoms with van der Waals surface area (Å²) >= 11 is 0. The molecule has 0 N–H and O–H groups in total. The topological polar surface area (TPSA) is 0 Å². The van der Waals surface area contributed by atoms with Crippen LogP contribution in [0, 0.1) is 13.8 Å². The Hall–Kier alpha value is -6.76. The Labute approximate surface area is 364 Å². The van der Waals surface area contributed by atoms with Gasteiger partial charge in [-0.25, -0.2) is 0 Å². The van der Waals surface area contributed by atoms with E-state index in [0.29, 0.717) is 0 Å². The molecular formula is C62H50. The van der Waals surface area contributed by atoms with Crippen molar-refractivity contribution >= 4 is 86.2 Å². The van der Waals surface area contributed by atoms with Gasteiger partial charge in [-0.3, -0.25) is 0 Å². The van der Waals surface area contributed by atoms with Crippen LogP contribution in [0.25, 0.3) is 120 Å². The molecule has 0 aliphatic heterocycles. The number of hydrogen-bond acceptors (Lipinski definition) is 0. The van der Waals surface area contributed by atoms with Crippen molar-refractivity contribution in [2.24, 2.45) is 0 Å². The highest BCUT2D eigenvalue weighted by Gasteiger charge is 2.24. The Morgan fingerprint density at radius 3 is 1.39 bits per heavy atom. The fourth-order valence-electron chi connectivity index (χ4n) is 11.2. The minimum atomic E-state index is 0.0127. The van der Waals surface area contributed by atoms with Gasteiger partial charge in [0, 0.05) is 0 Å². The summed E-state index contributed by atoms with van der Waals surface area (Å²) in [6, 6.07) is 61.0. The zero-order chi connectivity index (χ0) is 42.4. The second-order valence-electron chi connectivity index (χ2n) is 20.2. The largest absolute Gasteiger partial charge is 0.0617 e. The molecule has 0 aliphatic carbocycles. The Kier molecular flexibility index (Phi) is 7.70. The monoisotopic (exact) mass is 794 g/mol. The highest BCUT2D eigenvalue weighted by Crippen LogP contribution is 2.50. The van der Waals surface area contributed by atoms with Gasteiger partial charge in [-0.05, 0) is 197 Å². The quantitative estimate of drug-likeness (QED) is 0.156. The summed E-state index contributed by atoms with van der Waals surface area (Å²) in [4.78, 5) is 0. The molecule has 12 aromatic rings. The van der Waals surface area contributed by atoms with Gasteiger partial charge in [-0.15, -0.1) is 0 Å². The van der Waals surface area contributed by atoms with Crippen LogP contribution >= 0.6 is 0 Å². The van der Waals surface area contributed by atoms with Crippen LogP contribution in [0.15, 0.2) is 158 Å². The first kappa shape index (κ1) is 37.0. The van der Waals surface area contributed by atoms with Crippen molar-refractivity contribution in [3.05, 3.63) is 180 Å². The van der Waals surface area contributed by atoms with Crippen molar-refractivity contribution in [1.29, 1.82) is 0 Å². The third-order valence-electron chi connectivity index (χ3n) is 14.3. The molecule has 0 nitrogen and oxygen atoms in total. The highest BCUT2D eigenvalue weighted by molar-refractivity contribution is 6.39. The Bertz CT molecular complexity index is 3790. The Balaban J connectivity index is 1.19. The normalized spacial score (nSPS) is 12.8. The van der Waals surface area contributed by atoms with E-state index in [9.17, 15) is 0 Å². The van der Waals surface area contributed by atoms with E-state index in [1.165, 1.54) is 142 Å². The minimum Gasteiger partial charge on any atom is -0.0617 e. The predicted octanol–water partition coefficient (Wildman–Crippen LogP) is 18.0. The van der Waals surface area contributed by atoms with E-state index >= 15 is 0 Å². The fourth-order valence-corrected chi connectivity index (χ4v) is 11.2. The van der Waals surface area contributed by atoms with E-state index in [1.807, 2.05) is 0 Å². The Morgan fingerprint density at radius 1 is 0.274 bits per heavy atom. The summed E-state index contributed by atoms with van der Waals surface area (Å²) < 4.78 is 0. The lowest BCUT2D eigenvalue weighted by Crippen LogP contribution is -2.11. The molecule has 0 aliphatic rings. The maximum absolute atomic E-state index is 2.55. The van der Waals surface area contributed by atoms with E-state index in [0.717, 1.165) is 0 Å². The van der Waals surface area contributed by atoms with Crippen LogP contribution in [0.4, 0.5) is 0 Å². The first-order valence-corrected chi connectivity index (χ1v) is 22.3. The van der Waals surface area contributed by atoms with Gasteiger partial charge in [0.25, 0.3) is 0 Å². The van der Waals surface area contributed by atoms with Crippen molar-refractivity contribution in [3.8, 4) is 33.4 Å². The van der Waals surface area contributed by atoms with Crippen molar-refractivity contribution < 1.29 is 0 Å². The van der Waals surface area contributed by atoms with Crippen LogP contribution in [0.5, 0.6) is 0 Å². The second-order valence-corrected chi connectivity index (χ2v) is 20.2. The molecule has 0 aromatic heterocycles. The Morgan fingerprint density at radius 2 is 0.726 bits per heavy atom. The first-order valence-electron chi connectivity index (χ1n) is 22.3. The van der Waals surface area contributed by atoms with E-state index in [2.05, 4.69) is 213 Å². The summed E-state index contributed by atoms with van der Waals surface area (Å²) in [5.74, 6) is 0. The number of benzene rings is 10. The molecule has 0 radical (unpaired) electrons. The smallest absolute Gasteiger partial charge is 0.00199 e. The van der Waals surface area contributed by atoms with Gasteiger partial charge in [0.05, 0.1) is 0 Å². The molecule has 0 unspecified atom stereocenters. The maximum Gasteiger partial charge on any atom is -0.00199 e. The minimum absolute atomic E-state index is 0.0127. The average Bonchev–Trinajstić information content (AvgIpc) is 3.76. The lowest BCUT2D eigenvalue weighted by Gasteiger charge is -2.23. The summed E-state index contributed by atoms with van der Waals surface area (Å²) in [5.41, 5.74) is 13.2. The van der Waals surface area contributed by atoms with Crippen molar-refractivity contribution in [2.75, 3.05) is 0 Å². The van der Waals surface area contributed by atoms with Crippen LogP contribution in [0.3, 0.4) is 0 Å². The molecule has 12 aromatic carbocycles. The summed E-state index contributed by atoms with van der Waals surface area (Å²) in [6.45, 7) is 18.4. The van der Waals surface area contributed by atoms with Crippen LogP contribution in [0.1, 0.15) is 63.8 Å². The number of hydrogen-bond donors (Lipinski definition) is 0. The summed E-state index contributed by atoms with van der Waals surface area (Å²) in [5, 5.41) is 21.3. The van der Waals surface area contributed by atoms with E-state index < -0.39 is 0 Å². The molecule has 0 atom stereocenters. The van der Waals surface area contributed by atoms with Crippen LogP contribution in [0.2, 0.25) is 0 Å². The molecular weight excluding hydrogens is 745 g/mol. The molecule has 62 heavy (non-hydrogen) atoms. The molecule has 12 rings (SSSR count). The molecule has 0 saturated heterocycles. The molecule has 0 amide bonds. The van der Waals surface area contributed by atoms with E-state index in [1.54, 1.807) is 0 Å². The highest BCUT2D eigenvalue weighted by atomic mass is 14.3. The molecule has 0 bridgehead atoms. The lowest BCUT2D eigenvalue weighted by molar-refractivity contribution is 0.590. The third-order valence-corrected chi connectivity index (χ3v) is 14.3. The van der Waals surface area contributed by atoms with Crippen LogP contribution < -0.4 is 0 Å². The van der Waals surface area contributed by atoms with Gasteiger partial charge in [0.2, 0.25) is 0 Å². The zero-order valence-corrected chi connectivity index (χ0v) is 37.0. The molecule has 0 saturated carbocycles. The third kappa shape index (κ3) is 5.26. The van der Waals surface area contributed by atoms with E-state index in [4.69, 9.17) is 0 Å². The standard InChI is InChI=1S/C62H50/c1-35-14-11-15-36(2)58(35)57-33-52-47-21-12-18-44-41-16-9-10-17-42(41)56(60(44)47)34-54(52)53-31-51-48-29-28-43(45-19-13-20-46(59(45)48)50(51)32-55(53)57)49-30-39(62(6,7)8)26-27-40(49)37-22-24-38(25-23-37)61(3,4)5/h9-34H,1-8H3. The van der Waals surface area contributed by atoms with Gasteiger partial charge >= 0.3 is 0 Å². The number of rotatable bonds is 3. The second kappa shape index (κ2) is 12.9. The van der Waals surface area contributed by atoms with Crippen molar-refractivity contribution in [3.63, 3.8) is 0 Å². The van der Waals surface area contributed by atoms with Gasteiger partial charge in [-0.1, -0.05) is 169 Å². The van der Waals surface area contributed by atoms with Crippen molar-refractivity contribution in [2.45, 2.75) is 66.2 Å². The average molecular weight is 795 g/mol. The van der Waals surface area contributed by atoms with Crippen LogP contribution in [-0.4, -0.2) is 0 Å². The summed E-state index contributed by atoms with van der Waals surface area (Å²) in [7, 11) is 0. The van der Waals surface area contributed by atoms with Gasteiger partial charge in [0.15, 0.2) is 0 Å². The fraction of sp³-hybridized carbons (Fsp3) is 0.161. The zero-order valence-electron chi connectivity index (χ0n) is 37.0.